The molecule has 0 saturated heterocycles. The molecule has 2 nitrogen and oxygen atoms in total. The Morgan fingerprint density at radius 2 is 1.53 bits per heavy atom. The van der Waals surface area contributed by atoms with Crippen LogP contribution in [0.2, 0.25) is 0 Å². The summed E-state index contributed by atoms with van der Waals surface area (Å²) in [5, 5.41) is 3.43. The smallest absolute Gasteiger partial charge is 0.118 e. The number of ether oxygens (including phenoxy) is 1. The van der Waals surface area contributed by atoms with E-state index in [4.69, 9.17) is 4.74 Å². The van der Waals surface area contributed by atoms with Crippen molar-refractivity contribution in [1.82, 2.24) is 0 Å². The fraction of sp³-hybridized carbons (Fsp3) is 0.294. The minimum Gasteiger partial charge on any atom is -0.497 e. The van der Waals surface area contributed by atoms with E-state index >= 15 is 0 Å². The van der Waals surface area contributed by atoms with Crippen LogP contribution in [-0.4, -0.2) is 7.11 Å². The average Bonchev–Trinajstić information content (AvgIpc) is 2.47. The van der Waals surface area contributed by atoms with Crippen LogP contribution in [-0.2, 0) is 13.0 Å². The summed E-state index contributed by atoms with van der Waals surface area (Å²) in [5.74, 6) is 0.896. The topological polar surface area (TPSA) is 21.3 Å². The van der Waals surface area contributed by atoms with Crippen molar-refractivity contribution < 1.29 is 4.74 Å². The summed E-state index contributed by atoms with van der Waals surface area (Å²) in [6.45, 7) is 3.03. The molecule has 2 heteroatoms. The van der Waals surface area contributed by atoms with Crippen LogP contribution in [0, 0.1) is 0 Å². The Labute approximate surface area is 115 Å². The molecule has 0 unspecified atom stereocenters. The number of benzene rings is 2. The monoisotopic (exact) mass is 255 g/mol. The van der Waals surface area contributed by atoms with Crippen LogP contribution in [0.5, 0.6) is 5.75 Å². The summed E-state index contributed by atoms with van der Waals surface area (Å²) < 4.78 is 5.15. The first-order valence-corrected chi connectivity index (χ1v) is 6.77. The Kier molecular flexibility index (Phi) is 4.85. The Bertz CT molecular complexity index is 488. The molecule has 0 bridgehead atoms. The van der Waals surface area contributed by atoms with E-state index in [-0.39, 0.29) is 0 Å². The van der Waals surface area contributed by atoms with Gasteiger partial charge < -0.3 is 10.1 Å². The highest BCUT2D eigenvalue weighted by atomic mass is 16.5. The lowest BCUT2D eigenvalue weighted by atomic mass is 10.1. The van der Waals surface area contributed by atoms with E-state index in [0.717, 1.165) is 24.4 Å². The average molecular weight is 255 g/mol. The lowest BCUT2D eigenvalue weighted by Gasteiger charge is -2.08. The van der Waals surface area contributed by atoms with Crippen molar-refractivity contribution in [3.05, 3.63) is 59.7 Å². The Hall–Kier alpha value is -1.96. The maximum atomic E-state index is 5.15. The summed E-state index contributed by atoms with van der Waals surface area (Å²) in [6, 6.07) is 16.8. The van der Waals surface area contributed by atoms with Gasteiger partial charge >= 0.3 is 0 Å². The van der Waals surface area contributed by atoms with E-state index in [1.807, 2.05) is 12.1 Å². The van der Waals surface area contributed by atoms with Gasteiger partial charge in [-0.3, -0.25) is 0 Å². The zero-order chi connectivity index (χ0) is 13.5. The predicted molar refractivity (Wildman–Crippen MR) is 80.8 cm³/mol. The molecule has 0 aliphatic rings. The van der Waals surface area contributed by atoms with E-state index in [0.29, 0.717) is 0 Å². The van der Waals surface area contributed by atoms with Crippen LogP contribution >= 0.6 is 0 Å². The van der Waals surface area contributed by atoms with Crippen LogP contribution in [0.3, 0.4) is 0 Å². The van der Waals surface area contributed by atoms with Gasteiger partial charge in [0.05, 0.1) is 7.11 Å². The zero-order valence-electron chi connectivity index (χ0n) is 11.6. The van der Waals surface area contributed by atoms with Gasteiger partial charge in [-0.05, 0) is 41.8 Å². The van der Waals surface area contributed by atoms with Gasteiger partial charge in [-0.15, -0.1) is 0 Å². The zero-order valence-corrected chi connectivity index (χ0v) is 11.6. The number of hydrogen-bond acceptors (Lipinski definition) is 2. The minimum atomic E-state index is 0.830. The van der Waals surface area contributed by atoms with Gasteiger partial charge in [0, 0.05) is 12.2 Å². The molecule has 0 aromatic heterocycles. The number of nitrogens with one attached hydrogen (secondary N) is 1. The molecular formula is C17H21NO. The van der Waals surface area contributed by atoms with Crippen molar-refractivity contribution in [3.8, 4) is 5.75 Å². The normalized spacial score (nSPS) is 10.2. The van der Waals surface area contributed by atoms with Crippen molar-refractivity contribution >= 4 is 5.69 Å². The largest absolute Gasteiger partial charge is 0.497 e. The molecule has 0 spiro atoms. The van der Waals surface area contributed by atoms with Gasteiger partial charge in [-0.2, -0.15) is 0 Å². The molecule has 0 heterocycles. The van der Waals surface area contributed by atoms with E-state index < -0.39 is 0 Å². The van der Waals surface area contributed by atoms with Crippen molar-refractivity contribution in [2.75, 3.05) is 12.4 Å². The summed E-state index contributed by atoms with van der Waals surface area (Å²) >= 11 is 0. The molecular weight excluding hydrogens is 234 g/mol. The van der Waals surface area contributed by atoms with Crippen molar-refractivity contribution in [2.24, 2.45) is 0 Å². The summed E-state index contributed by atoms with van der Waals surface area (Å²) in [4.78, 5) is 0. The maximum absolute atomic E-state index is 5.15. The summed E-state index contributed by atoms with van der Waals surface area (Å²) in [6.07, 6.45) is 2.34. The number of rotatable bonds is 6. The molecule has 2 aromatic rings. The molecule has 2 rings (SSSR count). The number of methoxy groups -OCH3 is 1. The first kappa shape index (κ1) is 13.5. The quantitative estimate of drug-likeness (QED) is 0.832. The molecule has 0 aliphatic carbocycles. The molecule has 0 fully saturated rings. The van der Waals surface area contributed by atoms with Crippen LogP contribution in [0.15, 0.2) is 48.5 Å². The number of anilines is 1. The summed E-state index contributed by atoms with van der Waals surface area (Å²) in [5.41, 5.74) is 3.81. The van der Waals surface area contributed by atoms with Crippen molar-refractivity contribution in [1.29, 1.82) is 0 Å². The molecule has 100 valence electrons. The fourth-order valence-electron chi connectivity index (χ4n) is 2.03. The first-order valence-electron chi connectivity index (χ1n) is 6.77. The van der Waals surface area contributed by atoms with E-state index in [2.05, 4.69) is 48.6 Å². The second-order valence-corrected chi connectivity index (χ2v) is 4.65. The SMILES string of the molecule is CCCc1ccc(NCc2ccc(OC)cc2)cc1. The number of aryl methyl sites for hydroxylation is 1. The van der Waals surface area contributed by atoms with Gasteiger partial charge in [0.25, 0.3) is 0 Å². The molecule has 19 heavy (non-hydrogen) atoms. The Morgan fingerprint density at radius 3 is 2.11 bits per heavy atom. The van der Waals surface area contributed by atoms with Crippen LogP contribution in [0.4, 0.5) is 5.69 Å². The van der Waals surface area contributed by atoms with Crippen LogP contribution in [0.25, 0.3) is 0 Å². The third-order valence-electron chi connectivity index (χ3n) is 3.15. The predicted octanol–water partition coefficient (Wildman–Crippen LogP) is 4.26. The molecule has 0 amide bonds. The van der Waals surface area contributed by atoms with Crippen LogP contribution in [0.1, 0.15) is 24.5 Å². The lowest BCUT2D eigenvalue weighted by molar-refractivity contribution is 0.414. The second-order valence-electron chi connectivity index (χ2n) is 4.65. The van der Waals surface area contributed by atoms with Gasteiger partial charge in [0.1, 0.15) is 5.75 Å². The Morgan fingerprint density at radius 1 is 0.895 bits per heavy atom. The molecule has 0 aliphatic heterocycles. The minimum absolute atomic E-state index is 0.830. The number of hydrogen-bond donors (Lipinski definition) is 1. The molecule has 0 atom stereocenters. The fourth-order valence-corrected chi connectivity index (χ4v) is 2.03. The van der Waals surface area contributed by atoms with Gasteiger partial charge in [-0.1, -0.05) is 37.6 Å². The summed E-state index contributed by atoms with van der Waals surface area (Å²) in [7, 11) is 1.69. The Balaban J connectivity index is 1.90. The maximum Gasteiger partial charge on any atom is 0.118 e. The highest BCUT2D eigenvalue weighted by molar-refractivity contribution is 5.45. The van der Waals surface area contributed by atoms with Gasteiger partial charge in [-0.25, -0.2) is 0 Å². The van der Waals surface area contributed by atoms with E-state index in [9.17, 15) is 0 Å². The lowest BCUT2D eigenvalue weighted by Crippen LogP contribution is -1.99. The standard InChI is InChI=1S/C17H21NO/c1-3-4-14-5-9-16(10-6-14)18-13-15-7-11-17(19-2)12-8-15/h5-12,18H,3-4,13H2,1-2H3. The highest BCUT2D eigenvalue weighted by Crippen LogP contribution is 2.14. The second kappa shape index (κ2) is 6.83. The molecule has 0 saturated carbocycles. The van der Waals surface area contributed by atoms with Crippen molar-refractivity contribution in [3.63, 3.8) is 0 Å². The molecule has 0 radical (unpaired) electrons. The first-order chi connectivity index (χ1) is 9.31. The van der Waals surface area contributed by atoms with Crippen molar-refractivity contribution in [2.45, 2.75) is 26.3 Å². The van der Waals surface area contributed by atoms with E-state index in [1.54, 1.807) is 7.11 Å². The third kappa shape index (κ3) is 4.02. The van der Waals surface area contributed by atoms with E-state index in [1.165, 1.54) is 17.5 Å². The third-order valence-corrected chi connectivity index (χ3v) is 3.15. The van der Waals surface area contributed by atoms with Gasteiger partial charge in [0.15, 0.2) is 0 Å². The highest BCUT2D eigenvalue weighted by Gasteiger charge is 1.96. The van der Waals surface area contributed by atoms with Crippen LogP contribution < -0.4 is 10.1 Å². The molecule has 1 N–H and O–H groups in total. The molecule has 2 aromatic carbocycles. The van der Waals surface area contributed by atoms with Gasteiger partial charge in [0.2, 0.25) is 0 Å².